The Morgan fingerprint density at radius 2 is 1.70 bits per heavy atom. The average molecular weight is 290 g/mol. The molecular weight excluding hydrogens is 274 g/mol. The van der Waals surface area contributed by atoms with E-state index in [-0.39, 0.29) is 6.10 Å². The molecule has 2 aromatic rings. The first kappa shape index (κ1) is 14.4. The van der Waals surface area contributed by atoms with Crippen LogP contribution in [0.1, 0.15) is 24.2 Å². The summed E-state index contributed by atoms with van der Waals surface area (Å²) >= 11 is 5.82. The lowest BCUT2D eigenvalue weighted by molar-refractivity contribution is 0.121. The van der Waals surface area contributed by atoms with Gasteiger partial charge in [-0.15, -0.1) is 0 Å². The van der Waals surface area contributed by atoms with Gasteiger partial charge in [-0.1, -0.05) is 41.4 Å². The molecule has 4 heteroatoms. The van der Waals surface area contributed by atoms with Crippen LogP contribution in [0.4, 0.5) is 10.5 Å². The molecule has 0 spiro atoms. The number of hydrogen-bond donors (Lipinski definition) is 1. The molecule has 1 atom stereocenters. The maximum atomic E-state index is 11.8. The van der Waals surface area contributed by atoms with Crippen molar-refractivity contribution < 1.29 is 9.53 Å². The fourth-order valence-electron chi connectivity index (χ4n) is 1.75. The number of benzene rings is 2. The minimum Gasteiger partial charge on any atom is -0.441 e. The van der Waals surface area contributed by atoms with E-state index in [1.54, 1.807) is 12.1 Å². The van der Waals surface area contributed by atoms with E-state index >= 15 is 0 Å². The van der Waals surface area contributed by atoms with Gasteiger partial charge >= 0.3 is 6.09 Å². The number of anilines is 1. The molecule has 0 saturated heterocycles. The van der Waals surface area contributed by atoms with Crippen molar-refractivity contribution in [3.05, 3.63) is 64.7 Å². The number of carbonyl (C=O) groups is 1. The Hall–Kier alpha value is -2.00. The normalized spacial score (nSPS) is 11.8. The van der Waals surface area contributed by atoms with Gasteiger partial charge in [-0.3, -0.25) is 5.32 Å². The summed E-state index contributed by atoms with van der Waals surface area (Å²) in [6.45, 7) is 3.81. The topological polar surface area (TPSA) is 38.3 Å². The van der Waals surface area contributed by atoms with Crippen LogP contribution in [0.5, 0.6) is 0 Å². The lowest BCUT2D eigenvalue weighted by atomic mass is 10.1. The number of halogens is 1. The van der Waals surface area contributed by atoms with E-state index in [9.17, 15) is 4.79 Å². The molecule has 20 heavy (non-hydrogen) atoms. The standard InChI is InChI=1S/C16H16ClNO2/c1-11-3-9-15(10-4-11)18-16(19)20-12(2)13-5-7-14(17)8-6-13/h3-10,12H,1-2H3,(H,18,19)/t12-/m1/s1. The second-order valence-corrected chi connectivity index (χ2v) is 5.03. The van der Waals surface area contributed by atoms with Gasteiger partial charge in [0, 0.05) is 10.7 Å². The molecule has 2 aromatic carbocycles. The Morgan fingerprint density at radius 3 is 2.30 bits per heavy atom. The number of hydrogen-bond acceptors (Lipinski definition) is 2. The smallest absolute Gasteiger partial charge is 0.412 e. The van der Waals surface area contributed by atoms with E-state index in [0.717, 1.165) is 11.1 Å². The van der Waals surface area contributed by atoms with Gasteiger partial charge in [0.15, 0.2) is 0 Å². The fraction of sp³-hybridized carbons (Fsp3) is 0.188. The number of nitrogens with one attached hydrogen (secondary N) is 1. The van der Waals surface area contributed by atoms with Gasteiger partial charge in [0.1, 0.15) is 6.10 Å². The molecule has 0 radical (unpaired) electrons. The number of rotatable bonds is 3. The number of amides is 1. The van der Waals surface area contributed by atoms with Crippen LogP contribution in [0.15, 0.2) is 48.5 Å². The van der Waals surface area contributed by atoms with Crippen molar-refractivity contribution in [2.24, 2.45) is 0 Å². The summed E-state index contributed by atoms with van der Waals surface area (Å²) in [7, 11) is 0. The largest absolute Gasteiger partial charge is 0.441 e. The van der Waals surface area contributed by atoms with E-state index < -0.39 is 6.09 Å². The van der Waals surface area contributed by atoms with Gasteiger partial charge in [-0.25, -0.2) is 4.79 Å². The Labute approximate surface area is 123 Å². The van der Waals surface area contributed by atoms with Crippen molar-refractivity contribution in [1.29, 1.82) is 0 Å². The van der Waals surface area contributed by atoms with Gasteiger partial charge in [0.25, 0.3) is 0 Å². The van der Waals surface area contributed by atoms with Gasteiger partial charge in [0.2, 0.25) is 0 Å². The molecule has 3 nitrogen and oxygen atoms in total. The van der Waals surface area contributed by atoms with Crippen molar-refractivity contribution in [2.45, 2.75) is 20.0 Å². The minimum atomic E-state index is -0.476. The maximum Gasteiger partial charge on any atom is 0.412 e. The molecule has 0 aromatic heterocycles. The second kappa shape index (κ2) is 6.44. The Morgan fingerprint density at radius 1 is 1.10 bits per heavy atom. The summed E-state index contributed by atoms with van der Waals surface area (Å²) in [6, 6.07) is 14.8. The zero-order valence-electron chi connectivity index (χ0n) is 11.4. The number of carbonyl (C=O) groups excluding carboxylic acids is 1. The third-order valence-electron chi connectivity index (χ3n) is 2.92. The lowest BCUT2D eigenvalue weighted by Crippen LogP contribution is -2.15. The number of ether oxygens (including phenoxy) is 1. The molecule has 0 fully saturated rings. The third-order valence-corrected chi connectivity index (χ3v) is 3.17. The molecule has 0 aliphatic rings. The Bertz CT molecular complexity index is 578. The molecular formula is C16H16ClNO2. The molecule has 104 valence electrons. The van der Waals surface area contributed by atoms with Gasteiger partial charge in [-0.05, 0) is 43.7 Å². The van der Waals surface area contributed by atoms with E-state index in [2.05, 4.69) is 5.32 Å². The van der Waals surface area contributed by atoms with Crippen molar-refractivity contribution >= 4 is 23.4 Å². The minimum absolute atomic E-state index is 0.335. The first-order valence-electron chi connectivity index (χ1n) is 6.34. The molecule has 1 N–H and O–H groups in total. The van der Waals surface area contributed by atoms with Crippen molar-refractivity contribution in [3.63, 3.8) is 0 Å². The van der Waals surface area contributed by atoms with E-state index in [0.29, 0.717) is 10.7 Å². The summed E-state index contributed by atoms with van der Waals surface area (Å²) in [5.74, 6) is 0. The van der Waals surface area contributed by atoms with E-state index in [4.69, 9.17) is 16.3 Å². The highest BCUT2D eigenvalue weighted by atomic mass is 35.5. The Kier molecular flexibility index (Phi) is 4.64. The average Bonchev–Trinajstić information content (AvgIpc) is 2.42. The zero-order chi connectivity index (χ0) is 14.5. The lowest BCUT2D eigenvalue weighted by Gasteiger charge is -2.14. The van der Waals surface area contributed by atoms with Crippen molar-refractivity contribution in [1.82, 2.24) is 0 Å². The maximum absolute atomic E-state index is 11.8. The Balaban J connectivity index is 1.93. The SMILES string of the molecule is Cc1ccc(NC(=O)O[C@H](C)c2ccc(Cl)cc2)cc1. The van der Waals surface area contributed by atoms with E-state index in [1.165, 1.54) is 0 Å². The molecule has 0 aliphatic heterocycles. The molecule has 2 rings (SSSR count). The predicted molar refractivity (Wildman–Crippen MR) is 81.1 cm³/mol. The van der Waals surface area contributed by atoms with Crippen LogP contribution in [-0.2, 0) is 4.74 Å². The first-order chi connectivity index (χ1) is 9.54. The van der Waals surface area contributed by atoms with E-state index in [1.807, 2.05) is 50.2 Å². The summed E-state index contributed by atoms with van der Waals surface area (Å²) < 4.78 is 5.32. The van der Waals surface area contributed by atoms with Crippen LogP contribution in [0.25, 0.3) is 0 Å². The molecule has 0 bridgehead atoms. The quantitative estimate of drug-likeness (QED) is 0.867. The van der Waals surface area contributed by atoms with Gasteiger partial charge in [0.05, 0.1) is 0 Å². The van der Waals surface area contributed by atoms with Crippen molar-refractivity contribution in [3.8, 4) is 0 Å². The molecule has 0 heterocycles. The second-order valence-electron chi connectivity index (χ2n) is 4.59. The van der Waals surface area contributed by atoms with Crippen LogP contribution in [-0.4, -0.2) is 6.09 Å². The summed E-state index contributed by atoms with van der Waals surface area (Å²) in [5, 5.41) is 3.35. The monoisotopic (exact) mass is 289 g/mol. The number of aryl methyl sites for hydroxylation is 1. The highest BCUT2D eigenvalue weighted by Crippen LogP contribution is 2.20. The van der Waals surface area contributed by atoms with Crippen LogP contribution in [0.3, 0.4) is 0 Å². The molecule has 1 amide bonds. The molecule has 0 saturated carbocycles. The summed E-state index contributed by atoms with van der Waals surface area (Å²) in [4.78, 5) is 11.8. The fourth-order valence-corrected chi connectivity index (χ4v) is 1.87. The summed E-state index contributed by atoms with van der Waals surface area (Å²) in [5.41, 5.74) is 2.75. The molecule has 0 unspecified atom stereocenters. The molecule has 0 aliphatic carbocycles. The predicted octanol–water partition coefficient (Wildman–Crippen LogP) is 4.96. The van der Waals surface area contributed by atoms with Gasteiger partial charge < -0.3 is 4.74 Å². The van der Waals surface area contributed by atoms with Crippen LogP contribution in [0.2, 0.25) is 5.02 Å². The highest BCUT2D eigenvalue weighted by Gasteiger charge is 2.11. The highest BCUT2D eigenvalue weighted by molar-refractivity contribution is 6.30. The first-order valence-corrected chi connectivity index (χ1v) is 6.72. The van der Waals surface area contributed by atoms with Crippen LogP contribution >= 0.6 is 11.6 Å². The summed E-state index contributed by atoms with van der Waals surface area (Å²) in [6.07, 6.45) is -0.811. The van der Waals surface area contributed by atoms with Crippen molar-refractivity contribution in [2.75, 3.05) is 5.32 Å². The van der Waals surface area contributed by atoms with Crippen LogP contribution in [0, 0.1) is 6.92 Å². The zero-order valence-corrected chi connectivity index (χ0v) is 12.1. The third kappa shape index (κ3) is 4.00. The van der Waals surface area contributed by atoms with Gasteiger partial charge in [-0.2, -0.15) is 0 Å². The van der Waals surface area contributed by atoms with Crippen LogP contribution < -0.4 is 5.32 Å².